The fraction of sp³-hybridized carbons (Fsp3) is 0.133. The molecule has 4 heteroatoms. The van der Waals surface area contributed by atoms with Gasteiger partial charge < -0.3 is 5.32 Å². The monoisotopic (exact) mass is 274 g/mol. The summed E-state index contributed by atoms with van der Waals surface area (Å²) >= 11 is 5.93. The number of nitrogens with one attached hydrogen (secondary N) is 1. The zero-order valence-corrected chi connectivity index (χ0v) is 11.1. The van der Waals surface area contributed by atoms with E-state index >= 15 is 0 Å². The van der Waals surface area contributed by atoms with Gasteiger partial charge in [0.2, 0.25) is 0 Å². The van der Waals surface area contributed by atoms with E-state index in [2.05, 4.69) is 11.4 Å². The van der Waals surface area contributed by atoms with E-state index in [1.807, 2.05) is 25.1 Å². The Morgan fingerprint density at radius 2 is 2.05 bits per heavy atom. The van der Waals surface area contributed by atoms with E-state index in [0.29, 0.717) is 22.7 Å². The number of hydrogen-bond acceptors (Lipinski definition) is 2. The minimum atomic E-state index is -0.349. The van der Waals surface area contributed by atoms with Crippen LogP contribution < -0.4 is 5.32 Å². The molecule has 0 atom stereocenters. The van der Waals surface area contributed by atoms with Crippen molar-refractivity contribution in [3.05, 3.63) is 63.9 Å². The highest BCUT2D eigenvalue weighted by Crippen LogP contribution is 2.21. The molecular weight excluding hydrogens is 263 g/mol. The van der Waals surface area contributed by atoms with Gasteiger partial charge in [-0.3, -0.25) is 0 Å². The van der Waals surface area contributed by atoms with Crippen molar-refractivity contribution >= 4 is 17.3 Å². The SMILES string of the molecule is Cc1ccc(Cl)cc1NCc1cc(F)ccc1C#N. The van der Waals surface area contributed by atoms with Gasteiger partial charge in [0.05, 0.1) is 11.6 Å². The van der Waals surface area contributed by atoms with Crippen molar-refractivity contribution in [3.8, 4) is 6.07 Å². The molecule has 0 aromatic heterocycles. The molecule has 0 amide bonds. The lowest BCUT2D eigenvalue weighted by Gasteiger charge is -2.11. The van der Waals surface area contributed by atoms with E-state index < -0.39 is 0 Å². The molecule has 19 heavy (non-hydrogen) atoms. The first-order chi connectivity index (χ1) is 9.10. The molecule has 96 valence electrons. The summed E-state index contributed by atoms with van der Waals surface area (Å²) in [6, 6.07) is 11.7. The maximum absolute atomic E-state index is 13.2. The van der Waals surface area contributed by atoms with E-state index in [1.54, 1.807) is 0 Å². The summed E-state index contributed by atoms with van der Waals surface area (Å²) in [6.07, 6.45) is 0. The molecule has 0 aliphatic rings. The molecule has 2 rings (SSSR count). The zero-order valence-electron chi connectivity index (χ0n) is 10.4. The minimum absolute atomic E-state index is 0.349. The Balaban J connectivity index is 2.21. The third-order valence-corrected chi connectivity index (χ3v) is 3.09. The van der Waals surface area contributed by atoms with Gasteiger partial charge in [0, 0.05) is 17.3 Å². The summed E-state index contributed by atoms with van der Waals surface area (Å²) in [5.74, 6) is -0.349. The van der Waals surface area contributed by atoms with Gasteiger partial charge >= 0.3 is 0 Å². The molecule has 0 heterocycles. The molecule has 0 bridgehead atoms. The summed E-state index contributed by atoms with van der Waals surface area (Å²) in [5, 5.41) is 12.8. The average molecular weight is 275 g/mol. The average Bonchev–Trinajstić information content (AvgIpc) is 2.40. The molecule has 2 aromatic carbocycles. The highest BCUT2D eigenvalue weighted by molar-refractivity contribution is 6.30. The Labute approximate surface area is 116 Å². The van der Waals surface area contributed by atoms with Gasteiger partial charge in [-0.05, 0) is 48.4 Å². The molecule has 0 saturated heterocycles. The largest absolute Gasteiger partial charge is 0.381 e. The van der Waals surface area contributed by atoms with E-state index in [1.165, 1.54) is 18.2 Å². The van der Waals surface area contributed by atoms with Gasteiger partial charge in [-0.25, -0.2) is 4.39 Å². The van der Waals surface area contributed by atoms with E-state index in [0.717, 1.165) is 11.3 Å². The zero-order chi connectivity index (χ0) is 13.8. The van der Waals surface area contributed by atoms with Gasteiger partial charge in [0.25, 0.3) is 0 Å². The fourth-order valence-corrected chi connectivity index (χ4v) is 1.96. The van der Waals surface area contributed by atoms with Crippen LogP contribution in [0, 0.1) is 24.1 Å². The second-order valence-electron chi connectivity index (χ2n) is 4.23. The number of hydrogen-bond donors (Lipinski definition) is 1. The normalized spacial score (nSPS) is 10.0. The summed E-state index contributed by atoms with van der Waals surface area (Å²) in [7, 11) is 0. The number of nitrogens with zero attached hydrogens (tertiary/aromatic N) is 1. The van der Waals surface area contributed by atoms with Crippen LogP contribution in [0.4, 0.5) is 10.1 Å². The van der Waals surface area contributed by atoms with Crippen LogP contribution in [-0.4, -0.2) is 0 Å². The highest BCUT2D eigenvalue weighted by Gasteiger charge is 2.05. The van der Waals surface area contributed by atoms with Crippen molar-refractivity contribution in [2.45, 2.75) is 13.5 Å². The smallest absolute Gasteiger partial charge is 0.123 e. The van der Waals surface area contributed by atoms with E-state index in [9.17, 15) is 4.39 Å². The molecule has 2 nitrogen and oxygen atoms in total. The van der Waals surface area contributed by atoms with E-state index in [4.69, 9.17) is 16.9 Å². The van der Waals surface area contributed by atoms with E-state index in [-0.39, 0.29) is 5.82 Å². The van der Waals surface area contributed by atoms with Crippen molar-refractivity contribution in [2.24, 2.45) is 0 Å². The number of halogens is 2. The fourth-order valence-electron chi connectivity index (χ4n) is 1.79. The Kier molecular flexibility index (Phi) is 4.03. The van der Waals surface area contributed by atoms with Crippen molar-refractivity contribution in [2.75, 3.05) is 5.32 Å². The summed E-state index contributed by atoms with van der Waals surface area (Å²) in [5.41, 5.74) is 3.01. The Bertz CT molecular complexity index is 647. The molecule has 0 fully saturated rings. The quantitative estimate of drug-likeness (QED) is 0.907. The number of nitriles is 1. The lowest BCUT2D eigenvalue weighted by molar-refractivity contribution is 0.625. The number of anilines is 1. The third kappa shape index (κ3) is 3.24. The Morgan fingerprint density at radius 3 is 2.79 bits per heavy atom. The first kappa shape index (κ1) is 13.4. The topological polar surface area (TPSA) is 35.8 Å². The lowest BCUT2D eigenvalue weighted by Crippen LogP contribution is -2.03. The van der Waals surface area contributed by atoms with Gasteiger partial charge in [0.1, 0.15) is 5.82 Å². The van der Waals surface area contributed by atoms with Gasteiger partial charge in [-0.1, -0.05) is 17.7 Å². The first-order valence-electron chi connectivity index (χ1n) is 5.78. The van der Waals surface area contributed by atoms with Gasteiger partial charge in [0.15, 0.2) is 0 Å². The maximum Gasteiger partial charge on any atom is 0.123 e. The molecule has 0 spiro atoms. The highest BCUT2D eigenvalue weighted by atomic mass is 35.5. The lowest BCUT2D eigenvalue weighted by atomic mass is 10.1. The standard InChI is InChI=1S/C15H12ClFN2/c1-10-2-4-13(16)7-15(10)19-9-12-6-14(17)5-3-11(12)8-18/h2-7,19H,9H2,1H3. The van der Waals surface area contributed by atoms with Crippen LogP contribution in [0.2, 0.25) is 5.02 Å². The summed E-state index contributed by atoms with van der Waals surface area (Å²) in [6.45, 7) is 2.33. The van der Waals surface area contributed by atoms with Crippen molar-refractivity contribution in [3.63, 3.8) is 0 Å². The first-order valence-corrected chi connectivity index (χ1v) is 6.16. The van der Waals surface area contributed by atoms with Crippen molar-refractivity contribution < 1.29 is 4.39 Å². The Morgan fingerprint density at radius 1 is 1.26 bits per heavy atom. The van der Waals surface area contributed by atoms with Crippen LogP contribution in [-0.2, 0) is 6.54 Å². The summed E-state index contributed by atoms with van der Waals surface area (Å²) in [4.78, 5) is 0. The molecule has 0 aliphatic heterocycles. The predicted molar refractivity (Wildman–Crippen MR) is 74.6 cm³/mol. The number of benzene rings is 2. The van der Waals surface area contributed by atoms with Crippen LogP contribution in [0.3, 0.4) is 0 Å². The number of aryl methyl sites for hydroxylation is 1. The van der Waals surface area contributed by atoms with Crippen LogP contribution in [0.15, 0.2) is 36.4 Å². The second-order valence-corrected chi connectivity index (χ2v) is 4.66. The molecule has 0 radical (unpaired) electrons. The molecule has 1 N–H and O–H groups in total. The van der Waals surface area contributed by atoms with Crippen molar-refractivity contribution in [1.82, 2.24) is 0 Å². The molecule has 2 aromatic rings. The van der Waals surface area contributed by atoms with Gasteiger partial charge in [-0.15, -0.1) is 0 Å². The number of rotatable bonds is 3. The maximum atomic E-state index is 13.2. The van der Waals surface area contributed by atoms with Crippen LogP contribution in [0.25, 0.3) is 0 Å². The van der Waals surface area contributed by atoms with Crippen molar-refractivity contribution in [1.29, 1.82) is 5.26 Å². The minimum Gasteiger partial charge on any atom is -0.381 e. The van der Waals surface area contributed by atoms with Crippen LogP contribution >= 0.6 is 11.6 Å². The Hall–Kier alpha value is -2.05. The van der Waals surface area contributed by atoms with Gasteiger partial charge in [-0.2, -0.15) is 5.26 Å². The molecular formula is C15H12ClFN2. The summed E-state index contributed by atoms with van der Waals surface area (Å²) < 4.78 is 13.2. The third-order valence-electron chi connectivity index (χ3n) is 2.86. The molecule has 0 unspecified atom stereocenters. The van der Waals surface area contributed by atoms with Crippen LogP contribution in [0.5, 0.6) is 0 Å². The molecule has 0 saturated carbocycles. The molecule has 0 aliphatic carbocycles. The second kappa shape index (κ2) is 5.73. The predicted octanol–water partition coefficient (Wildman–Crippen LogP) is 4.27. The van der Waals surface area contributed by atoms with Crippen LogP contribution in [0.1, 0.15) is 16.7 Å².